The molecule has 0 aliphatic carbocycles. The predicted octanol–water partition coefficient (Wildman–Crippen LogP) is 3.24. The molecule has 0 saturated heterocycles. The minimum absolute atomic E-state index is 0.0502. The van der Waals surface area contributed by atoms with Crippen molar-refractivity contribution in [2.45, 2.75) is 26.3 Å². The zero-order valence-electron chi connectivity index (χ0n) is 16.0. The normalized spacial score (nSPS) is 22.4. The molecule has 0 radical (unpaired) electrons. The summed E-state index contributed by atoms with van der Waals surface area (Å²) in [5, 5.41) is 9.29. The molecule has 1 aromatic carbocycles. The molecule has 6 nitrogen and oxygen atoms in total. The molecule has 1 aliphatic heterocycles. The lowest BCUT2D eigenvalue weighted by Gasteiger charge is -2.37. The number of aryl methyl sites for hydroxylation is 1. The third-order valence-electron chi connectivity index (χ3n) is 5.23. The molecular formula is C20H22N4O2S. The molecule has 2 N–H and O–H groups in total. The van der Waals surface area contributed by atoms with Gasteiger partial charge in [-0.25, -0.2) is 4.99 Å². The maximum absolute atomic E-state index is 12.6. The number of aliphatic imine (C=N–C) groups is 1. The fourth-order valence-electron chi connectivity index (χ4n) is 3.28. The van der Waals surface area contributed by atoms with Crippen LogP contribution < -0.4 is 10.5 Å². The van der Waals surface area contributed by atoms with Gasteiger partial charge in [0.05, 0.1) is 24.7 Å². The number of amides is 1. The van der Waals surface area contributed by atoms with Gasteiger partial charge in [-0.05, 0) is 49.2 Å². The number of nitriles is 1. The summed E-state index contributed by atoms with van der Waals surface area (Å²) in [7, 11) is 3.22. The average Bonchev–Trinajstić information content (AvgIpc) is 3.06. The number of hydrogen-bond donors (Lipinski definition) is 1. The zero-order valence-corrected chi connectivity index (χ0v) is 16.8. The molecule has 0 saturated carbocycles. The number of ether oxygens (including phenoxy) is 1. The second kappa shape index (κ2) is 6.71. The summed E-state index contributed by atoms with van der Waals surface area (Å²) in [6.07, 6.45) is 0. The van der Waals surface area contributed by atoms with E-state index in [9.17, 15) is 10.1 Å². The van der Waals surface area contributed by atoms with Crippen LogP contribution in [0, 0.1) is 24.2 Å². The Hall–Kier alpha value is -2.85. The first-order valence-electron chi connectivity index (χ1n) is 8.54. The van der Waals surface area contributed by atoms with Crippen LogP contribution >= 0.6 is 11.3 Å². The van der Waals surface area contributed by atoms with E-state index in [2.05, 4.69) is 11.1 Å². The van der Waals surface area contributed by atoms with Gasteiger partial charge >= 0.3 is 0 Å². The molecule has 2 heterocycles. The smallest absolute Gasteiger partial charge is 0.234 e. The summed E-state index contributed by atoms with van der Waals surface area (Å²) < 4.78 is 5.32. The number of methoxy groups -OCH3 is 1. The van der Waals surface area contributed by atoms with Crippen LogP contribution in [0.3, 0.4) is 0 Å². The minimum atomic E-state index is -0.724. The topological polar surface area (TPSA) is 91.7 Å². The van der Waals surface area contributed by atoms with Gasteiger partial charge in [-0.3, -0.25) is 9.69 Å². The number of carbonyl (C=O) groups excluding carboxylic acids is 1. The molecule has 2 aromatic rings. The van der Waals surface area contributed by atoms with Gasteiger partial charge < -0.3 is 10.5 Å². The van der Waals surface area contributed by atoms with Gasteiger partial charge in [0, 0.05) is 16.8 Å². The SMILES string of the molecule is COc1cc(C#N)cc(-c2cc([C@@]3(C)N=C(N)N(C)C(=O)[C@@H]3C)sc2C)c1. The van der Waals surface area contributed by atoms with Gasteiger partial charge in [-0.15, -0.1) is 11.3 Å². The number of guanidine groups is 1. The van der Waals surface area contributed by atoms with Crippen molar-refractivity contribution in [3.05, 3.63) is 39.6 Å². The van der Waals surface area contributed by atoms with E-state index in [1.165, 1.54) is 4.90 Å². The summed E-state index contributed by atoms with van der Waals surface area (Å²) in [4.78, 5) is 20.7. The van der Waals surface area contributed by atoms with Crippen molar-refractivity contribution in [1.29, 1.82) is 5.26 Å². The molecule has 3 rings (SSSR count). The molecule has 0 unspecified atom stereocenters. The molecule has 27 heavy (non-hydrogen) atoms. The quantitative estimate of drug-likeness (QED) is 0.882. The summed E-state index contributed by atoms with van der Waals surface area (Å²) in [6, 6.07) is 9.66. The van der Waals surface area contributed by atoms with Crippen LogP contribution in [0.4, 0.5) is 0 Å². The van der Waals surface area contributed by atoms with Crippen LogP contribution in [-0.2, 0) is 10.3 Å². The monoisotopic (exact) mass is 382 g/mol. The van der Waals surface area contributed by atoms with E-state index in [4.69, 9.17) is 10.5 Å². The first-order valence-corrected chi connectivity index (χ1v) is 9.36. The largest absolute Gasteiger partial charge is 0.497 e. The van der Waals surface area contributed by atoms with Gasteiger partial charge in [0.2, 0.25) is 5.91 Å². The molecule has 1 amide bonds. The molecule has 1 aromatic heterocycles. The Morgan fingerprint density at radius 3 is 2.70 bits per heavy atom. The molecule has 0 fully saturated rings. The lowest BCUT2D eigenvalue weighted by atomic mass is 9.83. The number of nitrogens with zero attached hydrogens (tertiary/aromatic N) is 3. The van der Waals surface area contributed by atoms with Crippen LogP contribution in [0.1, 0.15) is 29.2 Å². The Kier molecular flexibility index (Phi) is 4.70. The first-order chi connectivity index (χ1) is 12.7. The predicted molar refractivity (Wildman–Crippen MR) is 107 cm³/mol. The van der Waals surface area contributed by atoms with Crippen LogP contribution in [0.15, 0.2) is 29.3 Å². The summed E-state index contributed by atoms with van der Waals surface area (Å²) in [5.74, 6) is 0.472. The van der Waals surface area contributed by atoms with Gasteiger partial charge in [0.15, 0.2) is 5.96 Å². The molecule has 0 bridgehead atoms. The second-order valence-electron chi connectivity index (χ2n) is 6.88. The van der Waals surface area contributed by atoms with Crippen molar-refractivity contribution in [2.75, 3.05) is 14.2 Å². The van der Waals surface area contributed by atoms with E-state index in [1.807, 2.05) is 39.0 Å². The molecule has 1 aliphatic rings. The standard InChI is InChI=1S/C20H22N4O2S/c1-11-18(25)24(4)19(22)23-20(11,3)17-9-16(12(2)27-17)14-6-13(10-21)7-15(8-14)26-5/h6-9,11H,1-5H3,(H2,22,23)/t11-,20-/m0/s1. The first kappa shape index (κ1) is 18.9. The Balaban J connectivity index is 2.13. The lowest BCUT2D eigenvalue weighted by molar-refractivity contribution is -0.133. The number of hydrogen-bond acceptors (Lipinski definition) is 6. The Labute approximate surface area is 162 Å². The molecule has 2 atom stereocenters. The van der Waals surface area contributed by atoms with E-state index < -0.39 is 5.54 Å². The fourth-order valence-corrected chi connectivity index (χ4v) is 4.50. The number of benzene rings is 1. The van der Waals surface area contributed by atoms with Crippen molar-refractivity contribution in [2.24, 2.45) is 16.6 Å². The maximum atomic E-state index is 12.6. The van der Waals surface area contributed by atoms with Crippen molar-refractivity contribution in [1.82, 2.24) is 4.90 Å². The highest BCUT2D eigenvalue weighted by atomic mass is 32.1. The van der Waals surface area contributed by atoms with E-state index in [-0.39, 0.29) is 17.8 Å². The van der Waals surface area contributed by atoms with Crippen LogP contribution in [-0.4, -0.2) is 30.9 Å². The van der Waals surface area contributed by atoms with Crippen LogP contribution in [0.2, 0.25) is 0 Å². The van der Waals surface area contributed by atoms with E-state index in [0.717, 1.165) is 20.9 Å². The van der Waals surface area contributed by atoms with Crippen molar-refractivity contribution in [3.8, 4) is 22.9 Å². The molecule has 7 heteroatoms. The summed E-state index contributed by atoms with van der Waals surface area (Å²) >= 11 is 1.59. The maximum Gasteiger partial charge on any atom is 0.234 e. The Morgan fingerprint density at radius 1 is 1.37 bits per heavy atom. The van der Waals surface area contributed by atoms with Gasteiger partial charge in [0.1, 0.15) is 11.3 Å². The third-order valence-corrected chi connectivity index (χ3v) is 6.51. The highest BCUT2D eigenvalue weighted by Crippen LogP contribution is 2.44. The molecule has 140 valence electrons. The average molecular weight is 382 g/mol. The number of carbonyl (C=O) groups is 1. The van der Waals surface area contributed by atoms with Crippen molar-refractivity contribution < 1.29 is 9.53 Å². The number of rotatable bonds is 3. The van der Waals surface area contributed by atoms with Gasteiger partial charge in [-0.2, -0.15) is 5.26 Å². The van der Waals surface area contributed by atoms with Gasteiger partial charge in [-0.1, -0.05) is 6.92 Å². The third kappa shape index (κ3) is 3.06. The van der Waals surface area contributed by atoms with Crippen LogP contribution in [0.25, 0.3) is 11.1 Å². The number of thiophene rings is 1. The highest BCUT2D eigenvalue weighted by Gasteiger charge is 2.44. The van der Waals surface area contributed by atoms with Crippen molar-refractivity contribution >= 4 is 23.2 Å². The van der Waals surface area contributed by atoms with E-state index >= 15 is 0 Å². The highest BCUT2D eigenvalue weighted by molar-refractivity contribution is 7.12. The second-order valence-corrected chi connectivity index (χ2v) is 8.14. The minimum Gasteiger partial charge on any atom is -0.497 e. The molecular weight excluding hydrogens is 360 g/mol. The zero-order chi connectivity index (χ0) is 19.9. The Morgan fingerprint density at radius 2 is 2.07 bits per heavy atom. The summed E-state index contributed by atoms with van der Waals surface area (Å²) in [5.41, 5.74) is 7.69. The Bertz CT molecular complexity index is 988. The summed E-state index contributed by atoms with van der Waals surface area (Å²) in [6.45, 7) is 5.84. The van der Waals surface area contributed by atoms with E-state index in [0.29, 0.717) is 11.3 Å². The van der Waals surface area contributed by atoms with Crippen LogP contribution in [0.5, 0.6) is 5.75 Å². The molecule has 0 spiro atoms. The lowest BCUT2D eigenvalue weighted by Crippen LogP contribution is -2.52. The van der Waals surface area contributed by atoms with E-state index in [1.54, 1.807) is 31.6 Å². The number of nitrogens with two attached hydrogens (primary N) is 1. The van der Waals surface area contributed by atoms with Crippen molar-refractivity contribution in [3.63, 3.8) is 0 Å². The van der Waals surface area contributed by atoms with Gasteiger partial charge in [0.25, 0.3) is 0 Å². The fraction of sp³-hybridized carbons (Fsp3) is 0.350.